The highest BCUT2D eigenvalue weighted by Gasteiger charge is 2.46. The number of methoxy groups -OCH3 is 1. The van der Waals surface area contributed by atoms with Gasteiger partial charge >= 0.3 is 0 Å². The molecule has 0 aliphatic carbocycles. The molecule has 1 fully saturated rings. The maximum atomic E-state index is 13.3. The summed E-state index contributed by atoms with van der Waals surface area (Å²) in [5, 5.41) is 13.3. The minimum atomic E-state index is -0.707. The Labute approximate surface area is 208 Å². The first-order valence-electron chi connectivity index (χ1n) is 11.5. The van der Waals surface area contributed by atoms with Crippen LogP contribution >= 0.6 is 11.3 Å². The summed E-state index contributed by atoms with van der Waals surface area (Å²) in [7, 11) is 1.60. The molecule has 1 saturated heterocycles. The van der Waals surface area contributed by atoms with E-state index in [1.807, 2.05) is 50.4 Å². The largest absolute Gasteiger partial charge is 0.507 e. The molecular formula is C28H28FNO4S. The van der Waals surface area contributed by atoms with Gasteiger partial charge in [-0.2, -0.15) is 0 Å². The molecule has 1 amide bonds. The van der Waals surface area contributed by atoms with E-state index in [2.05, 4.69) is 0 Å². The number of benzene rings is 2. The van der Waals surface area contributed by atoms with Crippen molar-refractivity contribution >= 4 is 28.8 Å². The second kappa shape index (κ2) is 10.0. The van der Waals surface area contributed by atoms with Crippen molar-refractivity contribution in [2.75, 3.05) is 13.7 Å². The van der Waals surface area contributed by atoms with Crippen LogP contribution in [0.25, 0.3) is 5.76 Å². The van der Waals surface area contributed by atoms with Crippen molar-refractivity contribution in [1.29, 1.82) is 0 Å². The monoisotopic (exact) mass is 493 g/mol. The normalized spacial score (nSPS) is 17.4. The Morgan fingerprint density at radius 1 is 1.17 bits per heavy atom. The van der Waals surface area contributed by atoms with Crippen molar-refractivity contribution in [2.45, 2.75) is 39.2 Å². The molecule has 35 heavy (non-hydrogen) atoms. The Balaban J connectivity index is 1.80. The second-order valence-corrected chi connectivity index (χ2v) is 9.93. The Morgan fingerprint density at radius 2 is 1.89 bits per heavy atom. The molecule has 0 bridgehead atoms. The summed E-state index contributed by atoms with van der Waals surface area (Å²) in [6.45, 7) is 6.15. The van der Waals surface area contributed by atoms with Crippen LogP contribution in [-0.2, 0) is 16.0 Å². The predicted molar refractivity (Wildman–Crippen MR) is 135 cm³/mol. The SMILES string of the molecule is COc1cc(C)c(/C(O)=C2\C(=O)C(=O)N(CCc3ccc(F)cc3)C2c2cccs2)cc1C(C)C. The van der Waals surface area contributed by atoms with E-state index in [0.29, 0.717) is 17.7 Å². The van der Waals surface area contributed by atoms with E-state index >= 15 is 0 Å². The van der Waals surface area contributed by atoms with Gasteiger partial charge in [-0.1, -0.05) is 32.0 Å². The van der Waals surface area contributed by atoms with E-state index in [1.165, 1.54) is 28.4 Å². The summed E-state index contributed by atoms with van der Waals surface area (Å²) in [4.78, 5) is 28.7. The lowest BCUT2D eigenvalue weighted by Crippen LogP contribution is -2.31. The standard InChI is InChI=1S/C28H28FNO4S/c1-16(2)20-15-21(17(3)14-22(20)34-4)26(31)24-25(23-6-5-13-35-23)30(28(33)27(24)32)12-11-18-7-9-19(29)10-8-18/h5-10,13-16,25,31H,11-12H2,1-4H3/b26-24+. The lowest BCUT2D eigenvalue weighted by atomic mass is 9.92. The summed E-state index contributed by atoms with van der Waals surface area (Å²) in [6, 6.07) is 12.8. The molecule has 182 valence electrons. The van der Waals surface area contributed by atoms with Crippen molar-refractivity contribution < 1.29 is 23.8 Å². The maximum Gasteiger partial charge on any atom is 0.295 e. The third kappa shape index (κ3) is 4.73. The van der Waals surface area contributed by atoms with Crippen molar-refractivity contribution in [3.8, 4) is 5.75 Å². The number of amides is 1. The van der Waals surface area contributed by atoms with Crippen LogP contribution in [0.3, 0.4) is 0 Å². The van der Waals surface area contributed by atoms with Crippen LogP contribution in [-0.4, -0.2) is 35.4 Å². The zero-order chi connectivity index (χ0) is 25.3. The number of hydrogen-bond donors (Lipinski definition) is 1. The number of aliphatic hydroxyl groups is 1. The Hall–Kier alpha value is -3.45. The topological polar surface area (TPSA) is 66.8 Å². The van der Waals surface area contributed by atoms with Gasteiger partial charge in [0.1, 0.15) is 17.3 Å². The van der Waals surface area contributed by atoms with Crippen molar-refractivity contribution in [3.63, 3.8) is 0 Å². The van der Waals surface area contributed by atoms with Crippen LogP contribution in [0.4, 0.5) is 4.39 Å². The van der Waals surface area contributed by atoms with Crippen LogP contribution in [0.2, 0.25) is 0 Å². The number of thiophene rings is 1. The zero-order valence-corrected chi connectivity index (χ0v) is 21.0. The number of aliphatic hydroxyl groups excluding tert-OH is 1. The maximum absolute atomic E-state index is 13.3. The minimum Gasteiger partial charge on any atom is -0.507 e. The molecule has 0 radical (unpaired) electrons. The number of rotatable bonds is 7. The summed E-state index contributed by atoms with van der Waals surface area (Å²) in [5.41, 5.74) is 3.09. The molecule has 1 aliphatic heterocycles. The van der Waals surface area contributed by atoms with Gasteiger partial charge < -0.3 is 14.7 Å². The number of ether oxygens (including phenoxy) is 1. The molecule has 2 heterocycles. The molecular weight excluding hydrogens is 465 g/mol. The zero-order valence-electron chi connectivity index (χ0n) is 20.2. The number of likely N-dealkylation sites (tertiary alicyclic amines) is 1. The third-order valence-electron chi connectivity index (χ3n) is 6.36. The van der Waals surface area contributed by atoms with Crippen molar-refractivity contribution in [3.05, 3.63) is 92.4 Å². The fourth-order valence-electron chi connectivity index (χ4n) is 4.48. The van der Waals surface area contributed by atoms with Gasteiger partial charge in [0.25, 0.3) is 11.7 Å². The molecule has 2 aromatic carbocycles. The van der Waals surface area contributed by atoms with Crippen LogP contribution in [0.5, 0.6) is 5.75 Å². The van der Waals surface area contributed by atoms with Gasteiger partial charge in [0.05, 0.1) is 18.7 Å². The van der Waals surface area contributed by atoms with E-state index in [-0.39, 0.29) is 29.6 Å². The lowest BCUT2D eigenvalue weighted by molar-refractivity contribution is -0.139. The van der Waals surface area contributed by atoms with Crippen LogP contribution in [0.15, 0.2) is 59.5 Å². The Kier molecular flexibility index (Phi) is 7.08. The number of nitrogens with zero attached hydrogens (tertiary/aromatic N) is 1. The number of halogens is 1. The van der Waals surface area contributed by atoms with Crippen molar-refractivity contribution in [1.82, 2.24) is 4.90 Å². The van der Waals surface area contributed by atoms with Crippen LogP contribution in [0.1, 0.15) is 52.9 Å². The van der Waals surface area contributed by atoms with Crippen LogP contribution in [0, 0.1) is 12.7 Å². The van der Waals surface area contributed by atoms with Gasteiger partial charge in [-0.15, -0.1) is 11.3 Å². The van der Waals surface area contributed by atoms with Crippen LogP contribution < -0.4 is 4.74 Å². The number of carbonyl (C=O) groups excluding carboxylic acids is 2. The highest BCUT2D eigenvalue weighted by molar-refractivity contribution is 7.10. The molecule has 3 aromatic rings. The first-order valence-corrected chi connectivity index (χ1v) is 12.4. The average Bonchev–Trinajstić information content (AvgIpc) is 3.45. The van der Waals surface area contributed by atoms with Gasteiger partial charge in [-0.3, -0.25) is 9.59 Å². The molecule has 1 aromatic heterocycles. The molecule has 5 nitrogen and oxygen atoms in total. The summed E-state index contributed by atoms with van der Waals surface area (Å²) in [5.74, 6) is -1.04. The van der Waals surface area contributed by atoms with Gasteiger partial charge in [-0.05, 0) is 71.7 Å². The van der Waals surface area contributed by atoms with E-state index in [1.54, 1.807) is 19.2 Å². The third-order valence-corrected chi connectivity index (χ3v) is 7.29. The smallest absolute Gasteiger partial charge is 0.295 e. The highest BCUT2D eigenvalue weighted by Crippen LogP contribution is 2.42. The number of ketones is 1. The van der Waals surface area contributed by atoms with Gasteiger partial charge in [0.15, 0.2) is 0 Å². The summed E-state index contributed by atoms with van der Waals surface area (Å²) in [6.07, 6.45) is 0.453. The highest BCUT2D eigenvalue weighted by atomic mass is 32.1. The number of aryl methyl sites for hydroxylation is 1. The number of hydrogen-bond acceptors (Lipinski definition) is 5. The molecule has 1 atom stereocenters. The van der Waals surface area contributed by atoms with Crippen molar-refractivity contribution in [2.24, 2.45) is 0 Å². The molecule has 4 rings (SSSR count). The quantitative estimate of drug-likeness (QED) is 0.249. The lowest BCUT2D eigenvalue weighted by Gasteiger charge is -2.24. The second-order valence-electron chi connectivity index (χ2n) is 8.95. The fourth-order valence-corrected chi connectivity index (χ4v) is 5.33. The summed E-state index contributed by atoms with van der Waals surface area (Å²) >= 11 is 1.43. The molecule has 1 N–H and O–H groups in total. The van der Waals surface area contributed by atoms with Gasteiger partial charge in [0.2, 0.25) is 0 Å². The number of Topliss-reactive ketones (excluding diaryl/α,β-unsaturated/α-hetero) is 1. The van der Waals surface area contributed by atoms with Gasteiger partial charge in [-0.25, -0.2) is 4.39 Å². The van der Waals surface area contributed by atoms with E-state index in [9.17, 15) is 19.1 Å². The van der Waals surface area contributed by atoms with E-state index in [4.69, 9.17) is 4.74 Å². The van der Waals surface area contributed by atoms with E-state index < -0.39 is 17.7 Å². The number of carbonyl (C=O) groups is 2. The average molecular weight is 494 g/mol. The minimum absolute atomic E-state index is 0.0829. The van der Waals surface area contributed by atoms with E-state index in [0.717, 1.165) is 21.6 Å². The molecule has 1 unspecified atom stereocenters. The Bertz CT molecular complexity index is 1280. The fraction of sp³-hybridized carbons (Fsp3) is 0.286. The van der Waals surface area contributed by atoms with Gasteiger partial charge in [0, 0.05) is 17.0 Å². The summed E-state index contributed by atoms with van der Waals surface area (Å²) < 4.78 is 18.8. The molecule has 0 spiro atoms. The molecule has 0 saturated carbocycles. The first-order chi connectivity index (χ1) is 16.7. The molecule has 1 aliphatic rings. The first kappa shape index (κ1) is 24.7. The Morgan fingerprint density at radius 3 is 2.49 bits per heavy atom. The predicted octanol–water partition coefficient (Wildman–Crippen LogP) is 5.99. The molecule has 7 heteroatoms.